The van der Waals surface area contributed by atoms with Gasteiger partial charge in [0.15, 0.2) is 0 Å². The smallest absolute Gasteiger partial charge is 0.342 e. The fraction of sp³-hybridized carbons (Fsp3) is 0.405. The lowest BCUT2D eigenvalue weighted by Gasteiger charge is -2.37. The average Bonchev–Trinajstić information content (AvgIpc) is 3.64. The fourth-order valence-corrected chi connectivity index (χ4v) is 7.76. The van der Waals surface area contributed by atoms with Gasteiger partial charge in [-0.1, -0.05) is 42.5 Å². The molecule has 1 aliphatic carbocycles. The molecule has 0 spiro atoms. The second-order valence-electron chi connectivity index (χ2n) is 12.9. The third kappa shape index (κ3) is 6.29. The van der Waals surface area contributed by atoms with Crippen LogP contribution in [-0.4, -0.2) is 59.2 Å². The van der Waals surface area contributed by atoms with Gasteiger partial charge < -0.3 is 10.2 Å². The number of fused-ring (bicyclic) bond motifs is 1. The molecule has 1 saturated carbocycles. The van der Waals surface area contributed by atoms with Gasteiger partial charge in [0.05, 0.1) is 27.9 Å². The Kier molecular flexibility index (Phi) is 8.59. The van der Waals surface area contributed by atoms with E-state index in [4.69, 9.17) is 4.98 Å². The summed E-state index contributed by atoms with van der Waals surface area (Å²) < 4.78 is 41.8. The van der Waals surface area contributed by atoms with E-state index in [2.05, 4.69) is 15.1 Å². The second-order valence-corrected chi connectivity index (χ2v) is 13.8. The number of aromatic nitrogens is 1. The van der Waals surface area contributed by atoms with Crippen molar-refractivity contribution >= 4 is 28.6 Å². The Morgan fingerprint density at radius 3 is 2.37 bits per heavy atom. The highest BCUT2D eigenvalue weighted by molar-refractivity contribution is 7.98. The van der Waals surface area contributed by atoms with Crippen molar-refractivity contribution in [2.24, 2.45) is 0 Å². The predicted molar refractivity (Wildman–Crippen MR) is 178 cm³/mol. The number of amides is 1. The van der Waals surface area contributed by atoms with Gasteiger partial charge in [-0.25, -0.2) is 4.98 Å². The SMILES string of the molecule is CSc1ccc2nc(-c3cccc(C(F)(F)F)c3)c(CN3CCC(N4CCCC4)CC3)c(C(=O)NC3(c4ccccc4)CC3)c2c1. The highest BCUT2D eigenvalue weighted by atomic mass is 32.2. The number of nitrogens with zero attached hydrogens (tertiary/aromatic N) is 3. The number of alkyl halides is 3. The summed E-state index contributed by atoms with van der Waals surface area (Å²) in [5, 5.41) is 4.11. The molecule has 7 rings (SSSR count). The van der Waals surface area contributed by atoms with Crippen LogP contribution in [0.3, 0.4) is 0 Å². The van der Waals surface area contributed by atoms with Gasteiger partial charge in [-0.2, -0.15) is 13.2 Å². The quantitative estimate of drug-likeness (QED) is 0.196. The van der Waals surface area contributed by atoms with Gasteiger partial charge in [-0.15, -0.1) is 11.8 Å². The van der Waals surface area contributed by atoms with E-state index in [1.54, 1.807) is 17.8 Å². The number of thioether (sulfide) groups is 1. The molecule has 1 N–H and O–H groups in total. The van der Waals surface area contributed by atoms with E-state index in [0.29, 0.717) is 40.5 Å². The molecule has 3 fully saturated rings. The van der Waals surface area contributed by atoms with E-state index in [9.17, 15) is 18.0 Å². The number of carbonyl (C=O) groups is 1. The van der Waals surface area contributed by atoms with E-state index in [-0.39, 0.29) is 5.91 Å². The lowest BCUT2D eigenvalue weighted by atomic mass is 9.93. The molecule has 2 saturated heterocycles. The van der Waals surface area contributed by atoms with Crippen LogP contribution in [0.1, 0.15) is 65.6 Å². The van der Waals surface area contributed by atoms with Crippen molar-refractivity contribution in [1.29, 1.82) is 0 Å². The Morgan fingerprint density at radius 1 is 0.957 bits per heavy atom. The van der Waals surface area contributed by atoms with Crippen molar-refractivity contribution in [3.05, 3.63) is 95.1 Å². The Hall–Kier alpha value is -3.40. The zero-order valence-corrected chi connectivity index (χ0v) is 26.9. The van der Waals surface area contributed by atoms with Crippen LogP contribution < -0.4 is 5.32 Å². The number of piperidine rings is 1. The number of likely N-dealkylation sites (tertiary alicyclic amines) is 2. The summed E-state index contributed by atoms with van der Waals surface area (Å²) in [5.41, 5.74) is 2.48. The van der Waals surface area contributed by atoms with Gasteiger partial charge in [0.2, 0.25) is 0 Å². The number of carbonyl (C=O) groups excluding carboxylic acids is 1. The Balaban J connectivity index is 1.34. The van der Waals surface area contributed by atoms with E-state index < -0.39 is 17.3 Å². The molecule has 3 aliphatic rings. The number of benzene rings is 3. The van der Waals surface area contributed by atoms with Gasteiger partial charge in [0.25, 0.3) is 5.91 Å². The van der Waals surface area contributed by atoms with Crippen LogP contribution in [0.5, 0.6) is 0 Å². The Bertz CT molecular complexity index is 1730. The second kappa shape index (κ2) is 12.7. The molecular formula is C37H39F3N4OS. The zero-order chi connectivity index (χ0) is 31.9. The average molecular weight is 645 g/mol. The highest BCUT2D eigenvalue weighted by Crippen LogP contribution is 2.46. The zero-order valence-electron chi connectivity index (χ0n) is 26.1. The van der Waals surface area contributed by atoms with Crippen LogP contribution in [0.4, 0.5) is 13.2 Å². The standard InChI is InChI=1S/C37H39F3N4OS/c1-46-29-12-13-32-30(23-29)33(35(45)42-36(16-17-36)26-9-3-2-4-10-26)31(24-43-20-14-28(15-21-43)44-18-5-6-19-44)34(41-32)25-8-7-11-27(22-25)37(38,39)40/h2-4,7-13,22-23,28H,5-6,14-21,24H2,1H3,(H,42,45). The first kappa shape index (κ1) is 31.2. The molecule has 3 aromatic carbocycles. The molecule has 46 heavy (non-hydrogen) atoms. The van der Waals surface area contributed by atoms with Gasteiger partial charge in [-0.05, 0) is 107 Å². The third-order valence-electron chi connectivity index (χ3n) is 10.0. The lowest BCUT2D eigenvalue weighted by Crippen LogP contribution is -2.43. The maximum atomic E-state index is 14.6. The minimum Gasteiger partial charge on any atom is -0.342 e. The van der Waals surface area contributed by atoms with Crippen molar-refractivity contribution in [3.8, 4) is 11.3 Å². The van der Waals surface area contributed by atoms with Crippen LogP contribution in [0.2, 0.25) is 0 Å². The molecule has 240 valence electrons. The molecule has 0 atom stereocenters. The van der Waals surface area contributed by atoms with Gasteiger partial charge in [-0.3, -0.25) is 9.69 Å². The van der Waals surface area contributed by atoms with Gasteiger partial charge in [0, 0.05) is 34.0 Å². The van der Waals surface area contributed by atoms with Crippen molar-refractivity contribution in [2.75, 3.05) is 32.4 Å². The first-order valence-electron chi connectivity index (χ1n) is 16.3. The monoisotopic (exact) mass is 644 g/mol. The number of rotatable bonds is 8. The number of halogens is 3. The summed E-state index contributed by atoms with van der Waals surface area (Å²) in [6.07, 6.45) is 3.75. The Morgan fingerprint density at radius 2 is 1.70 bits per heavy atom. The molecule has 9 heteroatoms. The summed E-state index contributed by atoms with van der Waals surface area (Å²) >= 11 is 1.59. The minimum atomic E-state index is -4.49. The maximum absolute atomic E-state index is 14.6. The van der Waals surface area contributed by atoms with Crippen LogP contribution in [-0.2, 0) is 18.3 Å². The summed E-state index contributed by atoms with van der Waals surface area (Å²) in [6.45, 7) is 4.47. The molecular weight excluding hydrogens is 605 g/mol. The largest absolute Gasteiger partial charge is 0.416 e. The number of pyridine rings is 1. The number of nitrogens with one attached hydrogen (secondary N) is 1. The first-order valence-corrected chi connectivity index (χ1v) is 17.5. The van der Waals surface area contributed by atoms with E-state index in [1.807, 2.05) is 54.8 Å². The van der Waals surface area contributed by atoms with Gasteiger partial charge >= 0.3 is 6.18 Å². The van der Waals surface area contributed by atoms with Crippen LogP contribution in [0.15, 0.2) is 77.7 Å². The predicted octanol–water partition coefficient (Wildman–Crippen LogP) is 8.12. The van der Waals surface area contributed by atoms with Crippen LogP contribution in [0.25, 0.3) is 22.2 Å². The molecule has 1 aromatic heterocycles. The van der Waals surface area contributed by atoms with E-state index >= 15 is 0 Å². The molecule has 0 unspecified atom stereocenters. The molecule has 0 bridgehead atoms. The normalized spacial score (nSPS) is 19.0. The molecule has 1 amide bonds. The number of hydrogen-bond acceptors (Lipinski definition) is 5. The number of hydrogen-bond donors (Lipinski definition) is 1. The summed E-state index contributed by atoms with van der Waals surface area (Å²) in [7, 11) is 0. The molecule has 3 heterocycles. The van der Waals surface area contributed by atoms with Crippen molar-refractivity contribution in [3.63, 3.8) is 0 Å². The summed E-state index contributed by atoms with van der Waals surface area (Å²) in [6, 6.07) is 21.8. The van der Waals surface area contributed by atoms with E-state index in [0.717, 1.165) is 73.8 Å². The van der Waals surface area contributed by atoms with Crippen LogP contribution >= 0.6 is 11.8 Å². The van der Waals surface area contributed by atoms with Crippen molar-refractivity contribution in [2.45, 2.75) is 67.7 Å². The third-order valence-corrected chi connectivity index (χ3v) is 10.7. The van der Waals surface area contributed by atoms with Crippen LogP contribution in [0, 0.1) is 0 Å². The van der Waals surface area contributed by atoms with E-state index in [1.165, 1.54) is 25.0 Å². The lowest BCUT2D eigenvalue weighted by molar-refractivity contribution is -0.137. The van der Waals surface area contributed by atoms with Crippen molar-refractivity contribution < 1.29 is 18.0 Å². The Labute approximate surface area is 272 Å². The first-order chi connectivity index (χ1) is 22.2. The minimum absolute atomic E-state index is 0.206. The summed E-state index contributed by atoms with van der Waals surface area (Å²) in [5.74, 6) is -0.206. The molecule has 2 aliphatic heterocycles. The molecule has 5 nitrogen and oxygen atoms in total. The van der Waals surface area contributed by atoms with Crippen molar-refractivity contribution in [1.82, 2.24) is 20.1 Å². The van der Waals surface area contributed by atoms with Gasteiger partial charge in [0.1, 0.15) is 0 Å². The topological polar surface area (TPSA) is 48.5 Å². The fourth-order valence-electron chi connectivity index (χ4n) is 7.32. The summed E-state index contributed by atoms with van der Waals surface area (Å²) in [4.78, 5) is 25.6. The molecule has 0 radical (unpaired) electrons. The maximum Gasteiger partial charge on any atom is 0.416 e. The highest BCUT2D eigenvalue weighted by Gasteiger charge is 2.46. The molecule has 4 aromatic rings.